The minimum absolute atomic E-state index is 0. The highest BCUT2D eigenvalue weighted by Crippen LogP contribution is 1.93. The number of rotatable bonds is 0. The molecule has 0 aliphatic heterocycles. The normalized spacial score (nSPS) is 6.56. The summed E-state index contributed by atoms with van der Waals surface area (Å²) in [7, 11) is 0. The van der Waals surface area contributed by atoms with Crippen LogP contribution < -0.4 is 0 Å². The van der Waals surface area contributed by atoms with Gasteiger partial charge in [-0.25, -0.2) is 0 Å². The van der Waals surface area contributed by atoms with E-state index in [-0.39, 0.29) is 24.0 Å². The summed E-state index contributed by atoms with van der Waals surface area (Å²) in [5.74, 6) is 0.968. The van der Waals surface area contributed by atoms with Crippen LogP contribution in [0.3, 0.4) is 0 Å². The molecule has 0 saturated carbocycles. The molecule has 1 aromatic heterocycles. The van der Waals surface area contributed by atoms with Crippen molar-refractivity contribution in [2.24, 2.45) is 0 Å². The van der Waals surface area contributed by atoms with Crippen LogP contribution in [0.25, 0.3) is 0 Å². The van der Waals surface area contributed by atoms with Crippen molar-refractivity contribution in [2.75, 3.05) is 0 Å². The second kappa shape index (κ2) is 8.01. The lowest BCUT2D eigenvalue weighted by Gasteiger charge is -1.69. The topological polar surface area (TPSA) is 13.1 Å². The summed E-state index contributed by atoms with van der Waals surface area (Å²) in [6.45, 7) is 5.92. The number of hydrogen-bond donors (Lipinski definition) is 0. The van der Waals surface area contributed by atoms with Crippen molar-refractivity contribution in [3.05, 3.63) is 24.2 Å². The third-order valence-corrected chi connectivity index (χ3v) is 0.663. The van der Waals surface area contributed by atoms with Gasteiger partial charge < -0.3 is 4.42 Å². The van der Waals surface area contributed by atoms with Gasteiger partial charge in [0.15, 0.2) is 0 Å². The second-order valence-electron chi connectivity index (χ2n) is 1.22. The van der Waals surface area contributed by atoms with Crippen LogP contribution in [0.1, 0.15) is 19.6 Å². The Morgan fingerprint density at radius 1 is 1.33 bits per heavy atom. The first kappa shape index (κ1) is 11.8. The highest BCUT2D eigenvalue weighted by atomic mass is 127. The first-order chi connectivity index (χ1) is 3.89. The summed E-state index contributed by atoms with van der Waals surface area (Å²) in [6.07, 6.45) is 1.66. The van der Waals surface area contributed by atoms with E-state index in [1.165, 1.54) is 0 Å². The molecule has 0 aliphatic carbocycles. The van der Waals surface area contributed by atoms with E-state index < -0.39 is 0 Å². The van der Waals surface area contributed by atoms with Crippen molar-refractivity contribution in [3.8, 4) is 0 Å². The number of halogens is 1. The van der Waals surface area contributed by atoms with Gasteiger partial charge in [0.1, 0.15) is 5.76 Å². The first-order valence-electron chi connectivity index (χ1n) is 2.90. The fourth-order valence-corrected chi connectivity index (χ4v) is 0.361. The molecule has 54 valence electrons. The van der Waals surface area contributed by atoms with E-state index in [0.29, 0.717) is 0 Å². The number of hydrogen-bond acceptors (Lipinski definition) is 1. The highest BCUT2D eigenvalue weighted by molar-refractivity contribution is 14.0. The van der Waals surface area contributed by atoms with Gasteiger partial charge in [0, 0.05) is 0 Å². The predicted octanol–water partition coefficient (Wildman–Crippen LogP) is 3.23. The Morgan fingerprint density at radius 3 is 2.00 bits per heavy atom. The van der Waals surface area contributed by atoms with E-state index in [2.05, 4.69) is 0 Å². The van der Waals surface area contributed by atoms with Crippen LogP contribution in [0.4, 0.5) is 0 Å². The van der Waals surface area contributed by atoms with Gasteiger partial charge in [0.05, 0.1) is 6.26 Å². The van der Waals surface area contributed by atoms with Gasteiger partial charge in [0.25, 0.3) is 0 Å². The van der Waals surface area contributed by atoms with Gasteiger partial charge in [-0.2, -0.15) is 0 Å². The smallest absolute Gasteiger partial charge is 0.100 e. The summed E-state index contributed by atoms with van der Waals surface area (Å²) in [5.41, 5.74) is 0. The van der Waals surface area contributed by atoms with Crippen LogP contribution in [-0.2, 0) is 0 Å². The molecule has 0 amide bonds. The molecule has 2 heteroatoms. The Labute approximate surface area is 73.5 Å². The maximum absolute atomic E-state index is 4.83. The molecular weight excluding hydrogens is 227 g/mol. The molecule has 0 N–H and O–H groups in total. The Morgan fingerprint density at radius 2 is 1.89 bits per heavy atom. The molecule has 0 saturated heterocycles. The highest BCUT2D eigenvalue weighted by Gasteiger charge is 1.75. The van der Waals surface area contributed by atoms with Crippen molar-refractivity contribution < 1.29 is 4.42 Å². The van der Waals surface area contributed by atoms with Crippen molar-refractivity contribution in [2.45, 2.75) is 20.8 Å². The zero-order valence-electron chi connectivity index (χ0n) is 6.05. The van der Waals surface area contributed by atoms with Gasteiger partial charge in [-0.3, -0.25) is 0 Å². The molecular formula is C7H13IO. The molecule has 0 spiro atoms. The molecule has 0 bridgehead atoms. The minimum Gasteiger partial charge on any atom is -0.470 e. The maximum Gasteiger partial charge on any atom is 0.100 e. The standard InChI is InChI=1S/C5H6O.C2H6.HI/c1-5-3-2-4-6-5;1-2;/h2-4H,1H3;1-2H3;1H. The molecule has 9 heavy (non-hydrogen) atoms. The Bertz CT molecular complexity index is 112. The molecule has 0 radical (unpaired) electrons. The van der Waals surface area contributed by atoms with Crippen molar-refractivity contribution in [3.63, 3.8) is 0 Å². The van der Waals surface area contributed by atoms with Gasteiger partial charge in [0.2, 0.25) is 0 Å². The van der Waals surface area contributed by atoms with Gasteiger partial charge in [-0.05, 0) is 19.1 Å². The third-order valence-electron chi connectivity index (χ3n) is 0.663. The van der Waals surface area contributed by atoms with Crippen LogP contribution in [0.2, 0.25) is 0 Å². The molecule has 0 aromatic carbocycles. The fourth-order valence-electron chi connectivity index (χ4n) is 0.361. The molecule has 1 rings (SSSR count). The molecule has 0 aliphatic rings. The molecule has 1 aromatic rings. The molecule has 0 atom stereocenters. The van der Waals surface area contributed by atoms with Gasteiger partial charge in [-0.1, -0.05) is 13.8 Å². The Kier molecular flexibility index (Phi) is 10.5. The minimum atomic E-state index is 0. The zero-order valence-corrected chi connectivity index (χ0v) is 8.38. The van der Waals surface area contributed by atoms with E-state index in [0.717, 1.165) is 5.76 Å². The van der Waals surface area contributed by atoms with Gasteiger partial charge >= 0.3 is 0 Å². The van der Waals surface area contributed by atoms with Crippen molar-refractivity contribution >= 4 is 24.0 Å². The Balaban J connectivity index is 0. The zero-order chi connectivity index (χ0) is 6.41. The molecule has 0 unspecified atom stereocenters. The lowest BCUT2D eigenvalue weighted by atomic mass is 10.5. The summed E-state index contributed by atoms with van der Waals surface area (Å²) < 4.78 is 4.83. The van der Waals surface area contributed by atoms with Crippen LogP contribution in [0.15, 0.2) is 22.8 Å². The van der Waals surface area contributed by atoms with Crippen LogP contribution >= 0.6 is 24.0 Å². The second-order valence-corrected chi connectivity index (χ2v) is 1.22. The average Bonchev–Trinajstić information content (AvgIpc) is 2.24. The quantitative estimate of drug-likeness (QED) is 0.634. The lowest BCUT2D eigenvalue weighted by molar-refractivity contribution is 0.534. The summed E-state index contributed by atoms with van der Waals surface area (Å²) in [5, 5.41) is 0. The summed E-state index contributed by atoms with van der Waals surface area (Å²) >= 11 is 0. The number of aryl methyl sites for hydroxylation is 1. The van der Waals surface area contributed by atoms with E-state index >= 15 is 0 Å². The van der Waals surface area contributed by atoms with Crippen molar-refractivity contribution in [1.82, 2.24) is 0 Å². The monoisotopic (exact) mass is 240 g/mol. The SMILES string of the molecule is CC.Cc1ccco1.I. The van der Waals surface area contributed by atoms with E-state index in [1.807, 2.05) is 32.9 Å². The third kappa shape index (κ3) is 5.89. The molecule has 1 heterocycles. The van der Waals surface area contributed by atoms with Crippen LogP contribution in [0, 0.1) is 6.92 Å². The van der Waals surface area contributed by atoms with E-state index in [1.54, 1.807) is 6.26 Å². The lowest BCUT2D eigenvalue weighted by Crippen LogP contribution is -1.48. The fraction of sp³-hybridized carbons (Fsp3) is 0.429. The molecule has 0 fully saturated rings. The first-order valence-corrected chi connectivity index (χ1v) is 2.90. The van der Waals surface area contributed by atoms with E-state index in [4.69, 9.17) is 4.42 Å². The predicted molar refractivity (Wildman–Crippen MR) is 50.2 cm³/mol. The largest absolute Gasteiger partial charge is 0.470 e. The Hall–Kier alpha value is 0.0100. The summed E-state index contributed by atoms with van der Waals surface area (Å²) in [4.78, 5) is 0. The van der Waals surface area contributed by atoms with Crippen molar-refractivity contribution in [1.29, 1.82) is 0 Å². The maximum atomic E-state index is 4.83. The van der Waals surface area contributed by atoms with Crippen LogP contribution in [0.5, 0.6) is 0 Å². The van der Waals surface area contributed by atoms with E-state index in [9.17, 15) is 0 Å². The van der Waals surface area contributed by atoms with Gasteiger partial charge in [-0.15, -0.1) is 24.0 Å². The van der Waals surface area contributed by atoms with Crippen LogP contribution in [-0.4, -0.2) is 0 Å². The average molecular weight is 240 g/mol. The summed E-state index contributed by atoms with van der Waals surface area (Å²) in [6, 6.07) is 3.79. The number of furan rings is 1. The molecule has 1 nitrogen and oxygen atoms in total.